The third kappa shape index (κ3) is 2.79. The fourth-order valence-corrected chi connectivity index (χ4v) is 2.67. The van der Waals surface area contributed by atoms with Crippen molar-refractivity contribution in [3.05, 3.63) is 29.1 Å². The van der Waals surface area contributed by atoms with E-state index in [4.69, 9.17) is 0 Å². The molecule has 0 bridgehead atoms. The third-order valence-corrected chi connectivity index (χ3v) is 3.86. The van der Waals surface area contributed by atoms with Crippen LogP contribution < -0.4 is 10.2 Å². The number of amides is 1. The smallest absolute Gasteiger partial charge is 0.240 e. The quantitative estimate of drug-likeness (QED) is 0.846. The second-order valence-corrected chi connectivity index (χ2v) is 5.17. The highest BCUT2D eigenvalue weighted by Gasteiger charge is 2.02. The predicted molar refractivity (Wildman–Crippen MR) is 74.0 cm³/mol. The minimum absolute atomic E-state index is 0.0192. The monoisotopic (exact) mass is 263 g/mol. The molecule has 96 valence electrons. The topological polar surface area (TPSA) is 46.4 Å². The van der Waals surface area contributed by atoms with Gasteiger partial charge < -0.3 is 4.57 Å². The summed E-state index contributed by atoms with van der Waals surface area (Å²) in [5, 5.41) is 4.18. The molecule has 2 aromatic rings. The summed E-state index contributed by atoms with van der Waals surface area (Å²) in [7, 11) is 1.95. The molecule has 0 aliphatic heterocycles. The molecule has 1 heterocycles. The molecule has 1 aromatic carbocycles. The van der Waals surface area contributed by atoms with Crippen molar-refractivity contribution in [2.24, 2.45) is 12.1 Å². The Hall–Kier alpha value is -1.62. The number of carbonyl (C=O) groups excluding carboxylic acids is 1. The summed E-state index contributed by atoms with van der Waals surface area (Å²) in [6.07, 6.45) is 2.46. The molecule has 5 heteroatoms. The zero-order valence-corrected chi connectivity index (χ0v) is 11.5. The van der Waals surface area contributed by atoms with E-state index in [1.165, 1.54) is 4.70 Å². The van der Waals surface area contributed by atoms with Crippen LogP contribution in [0.4, 0.5) is 0 Å². The Morgan fingerprint density at radius 1 is 1.44 bits per heavy atom. The van der Waals surface area contributed by atoms with Gasteiger partial charge >= 0.3 is 0 Å². The molecule has 0 unspecified atom stereocenters. The highest BCUT2D eigenvalue weighted by atomic mass is 32.1. The molecule has 1 aromatic heterocycles. The minimum Gasteiger partial charge on any atom is -0.318 e. The van der Waals surface area contributed by atoms with Gasteiger partial charge in [0.15, 0.2) is 0 Å². The van der Waals surface area contributed by atoms with Gasteiger partial charge in [0, 0.05) is 13.5 Å². The van der Waals surface area contributed by atoms with Crippen LogP contribution in [0.1, 0.15) is 26.2 Å². The number of aryl methyl sites for hydroxylation is 1. The van der Waals surface area contributed by atoms with Crippen LogP contribution >= 0.6 is 11.3 Å². The number of rotatable bonds is 4. The molecule has 0 spiro atoms. The first-order valence-corrected chi connectivity index (χ1v) is 6.91. The molecule has 1 N–H and O–H groups in total. The molecular weight excluding hydrogens is 246 g/mol. The van der Waals surface area contributed by atoms with Gasteiger partial charge in [0.25, 0.3) is 0 Å². The van der Waals surface area contributed by atoms with E-state index in [1.807, 2.05) is 29.8 Å². The van der Waals surface area contributed by atoms with Crippen molar-refractivity contribution in [1.29, 1.82) is 0 Å². The van der Waals surface area contributed by atoms with Crippen molar-refractivity contribution in [1.82, 2.24) is 9.99 Å². The fourth-order valence-electron chi connectivity index (χ4n) is 1.69. The van der Waals surface area contributed by atoms with Crippen LogP contribution in [0, 0.1) is 0 Å². The molecule has 0 fully saturated rings. The second-order valence-electron chi connectivity index (χ2n) is 4.16. The van der Waals surface area contributed by atoms with Crippen molar-refractivity contribution < 1.29 is 4.79 Å². The number of hydrogen-bond donors (Lipinski definition) is 1. The van der Waals surface area contributed by atoms with Gasteiger partial charge in [0.2, 0.25) is 10.7 Å². The van der Waals surface area contributed by atoms with Gasteiger partial charge in [-0.3, -0.25) is 4.79 Å². The Balaban J connectivity index is 2.20. The minimum atomic E-state index is -0.0192. The molecule has 4 nitrogen and oxygen atoms in total. The summed E-state index contributed by atoms with van der Waals surface area (Å²) >= 11 is 1.57. The molecule has 0 saturated heterocycles. The predicted octanol–water partition coefficient (Wildman–Crippen LogP) is 2.36. The lowest BCUT2D eigenvalue weighted by Crippen LogP contribution is -2.22. The zero-order chi connectivity index (χ0) is 13.0. The first-order valence-electron chi connectivity index (χ1n) is 6.09. The first kappa shape index (κ1) is 12.8. The van der Waals surface area contributed by atoms with Crippen LogP contribution in [0.25, 0.3) is 10.2 Å². The maximum atomic E-state index is 11.5. The fraction of sp³-hybridized carbons (Fsp3) is 0.385. The molecule has 0 saturated carbocycles. The van der Waals surface area contributed by atoms with Gasteiger partial charge in [-0.2, -0.15) is 0 Å². The lowest BCUT2D eigenvalue weighted by Gasteiger charge is -1.97. The molecule has 1 amide bonds. The molecule has 0 radical (unpaired) electrons. The molecule has 0 atom stereocenters. The van der Waals surface area contributed by atoms with E-state index in [2.05, 4.69) is 23.5 Å². The number of unbranched alkanes of at least 4 members (excludes halogenated alkanes) is 1. The van der Waals surface area contributed by atoms with Gasteiger partial charge in [-0.25, -0.2) is 5.43 Å². The van der Waals surface area contributed by atoms with Gasteiger partial charge in [0.05, 0.1) is 10.2 Å². The van der Waals surface area contributed by atoms with E-state index in [0.717, 1.165) is 23.2 Å². The van der Waals surface area contributed by atoms with Gasteiger partial charge in [0.1, 0.15) is 0 Å². The normalized spacial score (nSPS) is 12.0. The SMILES string of the molecule is CCCCC(=O)N/N=c1\sc2ccccc2n1C. The third-order valence-electron chi connectivity index (χ3n) is 2.75. The molecule has 18 heavy (non-hydrogen) atoms. The average molecular weight is 263 g/mol. The second kappa shape index (κ2) is 5.82. The number of thiazole rings is 1. The average Bonchev–Trinajstić information content (AvgIpc) is 2.71. The van der Waals surface area contributed by atoms with Gasteiger partial charge in [-0.15, -0.1) is 5.10 Å². The number of benzene rings is 1. The number of carbonyl (C=O) groups is 1. The van der Waals surface area contributed by atoms with Crippen molar-refractivity contribution in [3.8, 4) is 0 Å². The highest BCUT2D eigenvalue weighted by molar-refractivity contribution is 7.16. The van der Waals surface area contributed by atoms with Crippen LogP contribution in [0.3, 0.4) is 0 Å². The molecule has 0 aliphatic carbocycles. The number of hydrogen-bond acceptors (Lipinski definition) is 3. The standard InChI is InChI=1S/C13H17N3OS/c1-3-4-9-12(17)14-15-13-16(2)10-7-5-6-8-11(10)18-13/h5-8H,3-4,9H2,1-2H3,(H,14,17)/b15-13-. The largest absolute Gasteiger partial charge is 0.318 e. The summed E-state index contributed by atoms with van der Waals surface area (Å²) in [5.74, 6) is -0.0192. The van der Waals surface area contributed by atoms with Crippen molar-refractivity contribution in [2.45, 2.75) is 26.2 Å². The molecular formula is C13H17N3OS. The number of nitrogens with zero attached hydrogens (tertiary/aromatic N) is 2. The lowest BCUT2D eigenvalue weighted by atomic mass is 10.2. The van der Waals surface area contributed by atoms with E-state index in [1.54, 1.807) is 11.3 Å². The maximum Gasteiger partial charge on any atom is 0.240 e. The van der Waals surface area contributed by atoms with E-state index < -0.39 is 0 Å². The summed E-state index contributed by atoms with van der Waals surface area (Å²) in [5.41, 5.74) is 3.74. The van der Waals surface area contributed by atoms with Crippen LogP contribution in [0.5, 0.6) is 0 Å². The summed E-state index contributed by atoms with van der Waals surface area (Å²) in [6, 6.07) is 8.10. The summed E-state index contributed by atoms with van der Waals surface area (Å²) in [4.78, 5) is 12.3. The number of aromatic nitrogens is 1. The van der Waals surface area contributed by atoms with E-state index >= 15 is 0 Å². The van der Waals surface area contributed by atoms with Gasteiger partial charge in [-0.1, -0.05) is 36.8 Å². The highest BCUT2D eigenvalue weighted by Crippen LogP contribution is 2.14. The number of para-hydroxylation sites is 1. The summed E-state index contributed by atoms with van der Waals surface area (Å²) < 4.78 is 3.15. The van der Waals surface area contributed by atoms with Crippen molar-refractivity contribution in [3.63, 3.8) is 0 Å². The first-order chi connectivity index (χ1) is 8.72. The number of fused-ring (bicyclic) bond motifs is 1. The lowest BCUT2D eigenvalue weighted by molar-refractivity contribution is -0.121. The van der Waals surface area contributed by atoms with E-state index in [9.17, 15) is 4.79 Å². The van der Waals surface area contributed by atoms with Crippen molar-refractivity contribution >= 4 is 27.5 Å². The maximum absolute atomic E-state index is 11.5. The summed E-state index contributed by atoms with van der Waals surface area (Å²) in [6.45, 7) is 2.07. The molecule has 2 rings (SSSR count). The Morgan fingerprint density at radius 3 is 2.94 bits per heavy atom. The van der Waals surface area contributed by atoms with Gasteiger partial charge in [-0.05, 0) is 18.6 Å². The van der Waals surface area contributed by atoms with Crippen LogP contribution in [-0.4, -0.2) is 10.5 Å². The van der Waals surface area contributed by atoms with Crippen LogP contribution in [0.2, 0.25) is 0 Å². The number of nitrogens with one attached hydrogen (secondary N) is 1. The van der Waals surface area contributed by atoms with E-state index in [-0.39, 0.29) is 5.91 Å². The van der Waals surface area contributed by atoms with Crippen molar-refractivity contribution in [2.75, 3.05) is 0 Å². The Bertz CT molecular complexity index is 612. The Labute approximate surface area is 110 Å². The molecule has 0 aliphatic rings. The zero-order valence-electron chi connectivity index (χ0n) is 10.6. The Kier molecular flexibility index (Phi) is 4.15. The van der Waals surface area contributed by atoms with E-state index in [0.29, 0.717) is 6.42 Å². The Morgan fingerprint density at radius 2 is 2.22 bits per heavy atom. The van der Waals surface area contributed by atoms with Crippen LogP contribution in [0.15, 0.2) is 29.4 Å². The van der Waals surface area contributed by atoms with Crippen LogP contribution in [-0.2, 0) is 11.8 Å².